The molecule has 1 fully saturated rings. The van der Waals surface area contributed by atoms with Gasteiger partial charge in [0.1, 0.15) is 0 Å². The van der Waals surface area contributed by atoms with Gasteiger partial charge in [0, 0.05) is 36.2 Å². The minimum Gasteiger partial charge on any atom is -0.381 e. The molecule has 1 heterocycles. The molecule has 0 bridgehead atoms. The first kappa shape index (κ1) is 14.6. The highest BCUT2D eigenvalue weighted by Gasteiger charge is 2.19. The summed E-state index contributed by atoms with van der Waals surface area (Å²) >= 11 is 12.0. The second kappa shape index (κ2) is 6.60. The molecule has 0 radical (unpaired) electrons. The molecular formula is C14H17Cl2NO2. The summed E-state index contributed by atoms with van der Waals surface area (Å²) in [6.07, 6.45) is 1.48. The average Bonchev–Trinajstić information content (AvgIpc) is 2.80. The van der Waals surface area contributed by atoms with Gasteiger partial charge in [-0.3, -0.25) is 4.79 Å². The van der Waals surface area contributed by atoms with Crippen LogP contribution in [0.4, 0.5) is 0 Å². The molecule has 19 heavy (non-hydrogen) atoms. The maximum absolute atomic E-state index is 11.8. The number of hydrogen-bond acceptors (Lipinski definition) is 2. The molecule has 1 aliphatic rings. The Morgan fingerprint density at radius 1 is 1.47 bits per heavy atom. The Morgan fingerprint density at radius 2 is 2.26 bits per heavy atom. The SMILES string of the molecule is Cc1cc(Cl)cc(Cl)c1CNC(=O)C[C@@H]1CCOC1. The zero-order valence-electron chi connectivity index (χ0n) is 10.8. The van der Waals surface area contributed by atoms with Gasteiger partial charge >= 0.3 is 0 Å². The smallest absolute Gasteiger partial charge is 0.220 e. The van der Waals surface area contributed by atoms with Crippen LogP contribution in [-0.4, -0.2) is 19.1 Å². The van der Waals surface area contributed by atoms with Gasteiger partial charge in [0.05, 0.1) is 0 Å². The molecule has 1 saturated heterocycles. The molecule has 1 aliphatic heterocycles. The molecule has 2 rings (SSSR count). The number of amides is 1. The summed E-state index contributed by atoms with van der Waals surface area (Å²) in [5.41, 5.74) is 1.91. The fourth-order valence-corrected chi connectivity index (χ4v) is 2.88. The standard InChI is InChI=1S/C14H17Cl2NO2/c1-9-4-11(15)6-13(16)12(9)7-17-14(18)5-10-2-3-19-8-10/h4,6,10H,2-3,5,7-8H2,1H3,(H,17,18)/t10-/m0/s1. The van der Waals surface area contributed by atoms with Gasteiger partial charge in [0.2, 0.25) is 5.91 Å². The summed E-state index contributed by atoms with van der Waals surface area (Å²) in [7, 11) is 0. The van der Waals surface area contributed by atoms with E-state index in [1.165, 1.54) is 0 Å². The first-order valence-corrected chi connectivity index (χ1v) is 7.11. The van der Waals surface area contributed by atoms with E-state index in [9.17, 15) is 4.79 Å². The molecule has 1 aromatic carbocycles. The predicted molar refractivity (Wildman–Crippen MR) is 76.6 cm³/mol. The first-order chi connectivity index (χ1) is 9.06. The number of hydrogen-bond donors (Lipinski definition) is 1. The lowest BCUT2D eigenvalue weighted by Gasteiger charge is -2.12. The largest absolute Gasteiger partial charge is 0.381 e. The third-order valence-corrected chi connectivity index (χ3v) is 3.90. The maximum atomic E-state index is 11.8. The highest BCUT2D eigenvalue weighted by atomic mass is 35.5. The van der Waals surface area contributed by atoms with Crippen molar-refractivity contribution < 1.29 is 9.53 Å². The van der Waals surface area contributed by atoms with Crippen LogP contribution in [0.5, 0.6) is 0 Å². The van der Waals surface area contributed by atoms with E-state index in [0.717, 1.165) is 24.2 Å². The highest BCUT2D eigenvalue weighted by molar-refractivity contribution is 6.35. The number of benzene rings is 1. The summed E-state index contributed by atoms with van der Waals surface area (Å²) in [6.45, 7) is 3.83. The van der Waals surface area contributed by atoms with E-state index in [1.807, 2.05) is 13.0 Å². The molecule has 0 saturated carbocycles. The number of rotatable bonds is 4. The van der Waals surface area contributed by atoms with Gasteiger partial charge in [-0.2, -0.15) is 0 Å². The minimum atomic E-state index is 0.0425. The van der Waals surface area contributed by atoms with Gasteiger partial charge < -0.3 is 10.1 Å². The average molecular weight is 302 g/mol. The minimum absolute atomic E-state index is 0.0425. The van der Waals surface area contributed by atoms with E-state index in [-0.39, 0.29) is 5.91 Å². The lowest BCUT2D eigenvalue weighted by Crippen LogP contribution is -2.25. The van der Waals surface area contributed by atoms with E-state index >= 15 is 0 Å². The van der Waals surface area contributed by atoms with Crippen molar-refractivity contribution in [3.8, 4) is 0 Å². The van der Waals surface area contributed by atoms with Crippen molar-refractivity contribution in [3.63, 3.8) is 0 Å². The van der Waals surface area contributed by atoms with Crippen LogP contribution < -0.4 is 5.32 Å². The molecule has 104 valence electrons. The number of nitrogens with one attached hydrogen (secondary N) is 1. The van der Waals surface area contributed by atoms with Crippen molar-refractivity contribution in [3.05, 3.63) is 33.3 Å². The highest BCUT2D eigenvalue weighted by Crippen LogP contribution is 2.25. The normalized spacial score (nSPS) is 18.6. The van der Waals surface area contributed by atoms with E-state index in [2.05, 4.69) is 5.32 Å². The Morgan fingerprint density at radius 3 is 2.89 bits per heavy atom. The molecule has 5 heteroatoms. The van der Waals surface area contributed by atoms with Gasteiger partial charge in [-0.15, -0.1) is 0 Å². The second-order valence-electron chi connectivity index (χ2n) is 4.89. The Bertz CT molecular complexity index is 448. The number of halogens is 2. The van der Waals surface area contributed by atoms with Crippen LogP contribution in [0.2, 0.25) is 10.0 Å². The fourth-order valence-electron chi connectivity index (χ4n) is 2.22. The molecule has 1 amide bonds. The number of carbonyl (C=O) groups excluding carboxylic acids is 1. The monoisotopic (exact) mass is 301 g/mol. The third kappa shape index (κ3) is 4.10. The van der Waals surface area contributed by atoms with Gasteiger partial charge in [0.15, 0.2) is 0 Å². The Labute approximate surface area is 123 Å². The van der Waals surface area contributed by atoms with Crippen LogP contribution in [0.15, 0.2) is 12.1 Å². The van der Waals surface area contributed by atoms with Gasteiger partial charge in [-0.1, -0.05) is 23.2 Å². The molecule has 0 aromatic heterocycles. The summed E-state index contributed by atoms with van der Waals surface area (Å²) in [5.74, 6) is 0.391. The molecule has 0 spiro atoms. The Balaban J connectivity index is 1.89. The fraction of sp³-hybridized carbons (Fsp3) is 0.500. The van der Waals surface area contributed by atoms with Crippen molar-refractivity contribution in [2.75, 3.05) is 13.2 Å². The molecule has 1 atom stereocenters. The van der Waals surface area contributed by atoms with Crippen molar-refractivity contribution in [2.45, 2.75) is 26.3 Å². The maximum Gasteiger partial charge on any atom is 0.220 e. The van der Waals surface area contributed by atoms with Crippen LogP contribution >= 0.6 is 23.2 Å². The zero-order chi connectivity index (χ0) is 13.8. The lowest BCUT2D eigenvalue weighted by atomic mass is 10.0. The first-order valence-electron chi connectivity index (χ1n) is 6.35. The summed E-state index contributed by atoms with van der Waals surface area (Å²) in [6, 6.07) is 3.54. The van der Waals surface area contributed by atoms with Crippen LogP contribution in [0, 0.1) is 12.8 Å². The third-order valence-electron chi connectivity index (χ3n) is 3.34. The van der Waals surface area contributed by atoms with E-state index in [4.69, 9.17) is 27.9 Å². The summed E-state index contributed by atoms with van der Waals surface area (Å²) < 4.78 is 5.26. The molecule has 1 N–H and O–H groups in total. The van der Waals surface area contributed by atoms with Gasteiger partial charge in [-0.05, 0) is 42.5 Å². The topological polar surface area (TPSA) is 38.3 Å². The van der Waals surface area contributed by atoms with Crippen LogP contribution in [0.1, 0.15) is 24.0 Å². The number of carbonyl (C=O) groups is 1. The van der Waals surface area contributed by atoms with E-state index in [0.29, 0.717) is 35.5 Å². The molecular weight excluding hydrogens is 285 g/mol. The summed E-state index contributed by atoms with van der Waals surface area (Å²) in [5, 5.41) is 4.11. The van der Waals surface area contributed by atoms with E-state index < -0.39 is 0 Å². The van der Waals surface area contributed by atoms with Crippen molar-refractivity contribution >= 4 is 29.1 Å². The Kier molecular flexibility index (Phi) is 5.08. The number of aryl methyl sites for hydroxylation is 1. The van der Waals surface area contributed by atoms with Gasteiger partial charge in [-0.25, -0.2) is 0 Å². The second-order valence-corrected chi connectivity index (χ2v) is 5.74. The van der Waals surface area contributed by atoms with E-state index in [1.54, 1.807) is 6.07 Å². The van der Waals surface area contributed by atoms with Gasteiger partial charge in [0.25, 0.3) is 0 Å². The van der Waals surface area contributed by atoms with Crippen molar-refractivity contribution in [1.82, 2.24) is 5.32 Å². The van der Waals surface area contributed by atoms with Crippen LogP contribution in [-0.2, 0) is 16.1 Å². The predicted octanol–water partition coefficient (Wildman–Crippen LogP) is 3.34. The van der Waals surface area contributed by atoms with Crippen molar-refractivity contribution in [2.24, 2.45) is 5.92 Å². The molecule has 1 aromatic rings. The quantitative estimate of drug-likeness (QED) is 0.926. The van der Waals surface area contributed by atoms with Crippen LogP contribution in [0.3, 0.4) is 0 Å². The Hall–Kier alpha value is -0.770. The molecule has 3 nitrogen and oxygen atoms in total. The lowest BCUT2D eigenvalue weighted by molar-refractivity contribution is -0.122. The number of ether oxygens (including phenoxy) is 1. The molecule has 0 aliphatic carbocycles. The molecule has 0 unspecified atom stereocenters. The van der Waals surface area contributed by atoms with Crippen LogP contribution in [0.25, 0.3) is 0 Å². The van der Waals surface area contributed by atoms with Crippen molar-refractivity contribution in [1.29, 1.82) is 0 Å². The summed E-state index contributed by atoms with van der Waals surface area (Å²) in [4.78, 5) is 11.8. The zero-order valence-corrected chi connectivity index (χ0v) is 12.4.